The number of ether oxygens (including phenoxy) is 1. The highest BCUT2D eigenvalue weighted by Crippen LogP contribution is 2.37. The van der Waals surface area contributed by atoms with Crippen LogP contribution in [0.1, 0.15) is 23.9 Å². The molecule has 0 radical (unpaired) electrons. The van der Waals surface area contributed by atoms with Gasteiger partial charge in [-0.2, -0.15) is 8.78 Å². The normalized spacial score (nSPS) is 11.9. The molecule has 1 heterocycles. The van der Waals surface area contributed by atoms with Crippen LogP contribution in [0, 0.1) is 17.5 Å². The van der Waals surface area contributed by atoms with Crippen LogP contribution in [-0.4, -0.2) is 4.98 Å². The number of thiazole rings is 1. The van der Waals surface area contributed by atoms with Gasteiger partial charge in [0.2, 0.25) is 5.01 Å². The van der Waals surface area contributed by atoms with Gasteiger partial charge in [-0.3, -0.25) is 0 Å². The van der Waals surface area contributed by atoms with E-state index in [0.29, 0.717) is 22.3 Å². The second-order valence-electron chi connectivity index (χ2n) is 5.39. The molecule has 0 saturated carbocycles. The van der Waals surface area contributed by atoms with Crippen LogP contribution in [0.25, 0.3) is 10.2 Å². The molecule has 0 unspecified atom stereocenters. The number of aryl methyl sites for hydroxylation is 1. The highest BCUT2D eigenvalue weighted by molar-refractivity contribution is 7.18. The Balaban J connectivity index is 1.92. The summed E-state index contributed by atoms with van der Waals surface area (Å²) in [6, 6.07) is 5.93. The summed E-state index contributed by atoms with van der Waals surface area (Å²) in [6.45, 7) is 2.01. The molecule has 8 heteroatoms. The molecular weight excluding hydrogens is 361 g/mol. The summed E-state index contributed by atoms with van der Waals surface area (Å²) in [5.74, 6) is -5.80. The van der Waals surface area contributed by atoms with Crippen molar-refractivity contribution in [2.45, 2.75) is 25.9 Å². The number of halogens is 5. The maximum absolute atomic E-state index is 14.3. The first-order chi connectivity index (χ1) is 11.8. The summed E-state index contributed by atoms with van der Waals surface area (Å²) in [7, 11) is 0. The number of hydrogen-bond acceptors (Lipinski definition) is 3. The molecule has 2 nitrogen and oxygen atoms in total. The van der Waals surface area contributed by atoms with Crippen LogP contribution in [0.5, 0.6) is 5.75 Å². The van der Waals surface area contributed by atoms with Gasteiger partial charge in [0, 0.05) is 12.1 Å². The number of fused-ring (bicyclic) bond motifs is 1. The maximum Gasteiger partial charge on any atom is 0.454 e. The monoisotopic (exact) mass is 373 g/mol. The number of alkyl halides is 2. The molecule has 0 bridgehead atoms. The Morgan fingerprint density at radius 2 is 1.76 bits per heavy atom. The van der Waals surface area contributed by atoms with Gasteiger partial charge in [-0.15, -0.1) is 11.3 Å². The zero-order valence-electron chi connectivity index (χ0n) is 13.0. The molecule has 0 fully saturated rings. The number of hydrogen-bond donors (Lipinski definition) is 0. The van der Waals surface area contributed by atoms with E-state index >= 15 is 0 Å². The fourth-order valence-corrected chi connectivity index (χ4v) is 3.26. The van der Waals surface area contributed by atoms with E-state index in [-0.39, 0.29) is 0 Å². The topological polar surface area (TPSA) is 22.1 Å². The fraction of sp³-hybridized carbons (Fsp3) is 0.235. The molecule has 3 aromatic rings. The van der Waals surface area contributed by atoms with Crippen LogP contribution < -0.4 is 4.74 Å². The van der Waals surface area contributed by atoms with E-state index < -0.39 is 34.3 Å². The average molecular weight is 373 g/mol. The number of nitrogens with zero attached hydrogens (tertiary/aromatic N) is 1. The Morgan fingerprint density at radius 1 is 1.08 bits per heavy atom. The molecule has 1 aromatic heterocycles. The summed E-state index contributed by atoms with van der Waals surface area (Å²) in [5.41, 5.74) is 1.37. The van der Waals surface area contributed by atoms with Gasteiger partial charge in [0.05, 0.1) is 10.2 Å². The smallest absolute Gasteiger partial charge is 0.427 e. The van der Waals surface area contributed by atoms with Crippen molar-refractivity contribution in [3.63, 3.8) is 0 Å². The minimum Gasteiger partial charge on any atom is -0.427 e. The molecule has 132 valence electrons. The summed E-state index contributed by atoms with van der Waals surface area (Å²) in [4.78, 5) is 3.83. The van der Waals surface area contributed by atoms with Crippen LogP contribution in [-0.2, 0) is 12.5 Å². The highest BCUT2D eigenvalue weighted by Gasteiger charge is 2.39. The number of rotatable bonds is 5. The molecule has 0 spiro atoms. The van der Waals surface area contributed by atoms with Crippen molar-refractivity contribution in [3.8, 4) is 5.75 Å². The molecule has 2 aromatic carbocycles. The lowest BCUT2D eigenvalue weighted by Crippen LogP contribution is -2.21. The van der Waals surface area contributed by atoms with Crippen LogP contribution in [0.4, 0.5) is 22.0 Å². The molecule has 0 N–H and O–H groups in total. The van der Waals surface area contributed by atoms with Gasteiger partial charge in [0.15, 0.2) is 17.5 Å². The molecule has 25 heavy (non-hydrogen) atoms. The third kappa shape index (κ3) is 3.58. The standard InChI is InChI=1S/C17H12F5NOS/c1-2-3-9-4-5-13-14(6-9)25-16(23-13)17(21,22)24-10-7-11(18)15(20)12(19)8-10/h4-8H,2-3H2,1H3. The Kier molecular flexibility index (Phi) is 4.64. The first-order valence-corrected chi connectivity index (χ1v) is 8.23. The lowest BCUT2D eigenvalue weighted by Gasteiger charge is -2.15. The molecule has 0 aliphatic carbocycles. The van der Waals surface area contributed by atoms with Crippen molar-refractivity contribution in [2.75, 3.05) is 0 Å². The van der Waals surface area contributed by atoms with E-state index in [0.717, 1.165) is 29.7 Å². The lowest BCUT2D eigenvalue weighted by molar-refractivity contribution is -0.185. The predicted octanol–water partition coefficient (Wildman–Crippen LogP) is 5.79. The van der Waals surface area contributed by atoms with Gasteiger partial charge < -0.3 is 4.74 Å². The second kappa shape index (κ2) is 6.59. The van der Waals surface area contributed by atoms with Crippen LogP contribution >= 0.6 is 11.3 Å². The third-order valence-electron chi connectivity index (χ3n) is 3.44. The summed E-state index contributed by atoms with van der Waals surface area (Å²) >= 11 is 0.727. The van der Waals surface area contributed by atoms with E-state index in [2.05, 4.69) is 9.72 Å². The zero-order valence-corrected chi connectivity index (χ0v) is 13.8. The quantitative estimate of drug-likeness (QED) is 0.417. The third-order valence-corrected chi connectivity index (χ3v) is 4.51. The van der Waals surface area contributed by atoms with Crippen molar-refractivity contribution >= 4 is 21.6 Å². The maximum atomic E-state index is 14.3. The number of aromatic nitrogens is 1. The zero-order chi connectivity index (χ0) is 18.2. The molecule has 0 aliphatic rings. The van der Waals surface area contributed by atoms with Crippen molar-refractivity contribution in [2.24, 2.45) is 0 Å². The SMILES string of the molecule is CCCc1ccc2nc(C(F)(F)Oc3cc(F)c(F)c(F)c3)sc2c1. The van der Waals surface area contributed by atoms with Gasteiger partial charge in [0.1, 0.15) is 5.75 Å². The Bertz CT molecular complexity index is 902. The largest absolute Gasteiger partial charge is 0.454 e. The van der Waals surface area contributed by atoms with Crippen molar-refractivity contribution in [1.82, 2.24) is 4.98 Å². The average Bonchev–Trinajstić information content (AvgIpc) is 2.97. The van der Waals surface area contributed by atoms with Crippen molar-refractivity contribution < 1.29 is 26.7 Å². The number of benzene rings is 2. The lowest BCUT2D eigenvalue weighted by atomic mass is 10.1. The van der Waals surface area contributed by atoms with Crippen LogP contribution in [0.3, 0.4) is 0 Å². The summed E-state index contributed by atoms with van der Waals surface area (Å²) in [5, 5.41) is -0.652. The van der Waals surface area contributed by atoms with Crippen molar-refractivity contribution in [1.29, 1.82) is 0 Å². The van der Waals surface area contributed by atoms with Gasteiger partial charge in [-0.05, 0) is 24.1 Å². The second-order valence-corrected chi connectivity index (χ2v) is 6.42. The molecule has 0 aliphatic heterocycles. The molecule has 0 atom stereocenters. The van der Waals surface area contributed by atoms with Gasteiger partial charge >= 0.3 is 6.11 Å². The van der Waals surface area contributed by atoms with Crippen LogP contribution in [0.15, 0.2) is 30.3 Å². The molecule has 0 saturated heterocycles. The summed E-state index contributed by atoms with van der Waals surface area (Å²) in [6.07, 6.45) is -2.19. The van der Waals surface area contributed by atoms with Crippen molar-refractivity contribution in [3.05, 3.63) is 58.4 Å². The Labute approximate surface area is 143 Å². The van der Waals surface area contributed by atoms with E-state index in [9.17, 15) is 22.0 Å². The fourth-order valence-electron chi connectivity index (χ4n) is 2.32. The van der Waals surface area contributed by atoms with E-state index in [4.69, 9.17) is 0 Å². The first-order valence-electron chi connectivity index (χ1n) is 7.41. The Morgan fingerprint density at radius 3 is 2.40 bits per heavy atom. The highest BCUT2D eigenvalue weighted by atomic mass is 32.1. The van der Waals surface area contributed by atoms with E-state index in [1.54, 1.807) is 18.2 Å². The molecule has 3 rings (SSSR count). The first kappa shape index (κ1) is 17.6. The molecule has 0 amide bonds. The summed E-state index contributed by atoms with van der Waals surface area (Å²) < 4.78 is 72.7. The minimum absolute atomic E-state index is 0.360. The van der Waals surface area contributed by atoms with E-state index in [1.165, 1.54) is 0 Å². The molecular formula is C17H12F5NOS. The Hall–Kier alpha value is -2.22. The van der Waals surface area contributed by atoms with E-state index in [1.807, 2.05) is 6.92 Å². The van der Waals surface area contributed by atoms with Gasteiger partial charge in [-0.25, -0.2) is 18.2 Å². The van der Waals surface area contributed by atoms with Crippen LogP contribution in [0.2, 0.25) is 0 Å². The minimum atomic E-state index is -3.91. The predicted molar refractivity (Wildman–Crippen MR) is 84.5 cm³/mol. The van der Waals surface area contributed by atoms with Gasteiger partial charge in [-0.1, -0.05) is 19.4 Å². The van der Waals surface area contributed by atoms with Gasteiger partial charge in [0.25, 0.3) is 0 Å².